The molecule has 0 aromatic rings. The number of allylic oxidation sites excluding steroid dienone is 3. The molecule has 1 N–H and O–H groups in total. The van der Waals surface area contributed by atoms with Gasteiger partial charge in [-0.1, -0.05) is 193 Å². The molecule has 0 saturated carbocycles. The van der Waals surface area contributed by atoms with Crippen LogP contribution in [0.25, 0.3) is 0 Å². The smallest absolute Gasteiger partial charge is 0.306 e. The molecule has 276 valence electrons. The second-order valence-electron chi connectivity index (χ2n) is 14.2. The molecule has 0 rings (SSSR count). The molecule has 0 fully saturated rings. The minimum atomic E-state index is -0.724. The monoisotopic (exact) mass is 661 g/mol. The van der Waals surface area contributed by atoms with Gasteiger partial charge < -0.3 is 9.84 Å². The second-order valence-corrected chi connectivity index (χ2v) is 14.2. The molecule has 4 nitrogen and oxygen atoms in total. The van der Waals surface area contributed by atoms with Crippen molar-refractivity contribution < 1.29 is 19.4 Å². The molecule has 4 heteroatoms. The highest BCUT2D eigenvalue weighted by atomic mass is 16.5. The van der Waals surface area contributed by atoms with Crippen LogP contribution in [-0.4, -0.2) is 23.1 Å². The standard InChI is InChI=1S/C43H80O4/c1-3-5-7-9-11-13-14-15-16-17-18-19-20-21-22-23-24-26-28-30-36-40-43(46)47-41(38-34-31-32-35-39-42(44)45)37-33-29-27-25-12-10-8-6-4-2/h25,27,33,37,41H,3-24,26,28-32,34-36,38-40H2,1-2H3,(H,44,45)/b27-25-,37-33-. The Morgan fingerprint density at radius 1 is 0.489 bits per heavy atom. The summed E-state index contributed by atoms with van der Waals surface area (Å²) in [6.45, 7) is 4.53. The highest BCUT2D eigenvalue weighted by molar-refractivity contribution is 5.69. The Hall–Kier alpha value is -1.58. The number of hydrogen-bond donors (Lipinski definition) is 1. The molecule has 0 saturated heterocycles. The molecule has 0 bridgehead atoms. The Balaban J connectivity index is 3.85. The average Bonchev–Trinajstić information content (AvgIpc) is 3.05. The predicted molar refractivity (Wildman–Crippen MR) is 204 cm³/mol. The quantitative estimate of drug-likeness (QED) is 0.0407. The minimum Gasteiger partial charge on any atom is -0.481 e. The van der Waals surface area contributed by atoms with Crippen LogP contribution in [0.4, 0.5) is 0 Å². The zero-order chi connectivity index (χ0) is 34.3. The molecule has 0 aromatic carbocycles. The highest BCUT2D eigenvalue weighted by Gasteiger charge is 2.11. The van der Waals surface area contributed by atoms with Gasteiger partial charge >= 0.3 is 11.9 Å². The van der Waals surface area contributed by atoms with Gasteiger partial charge in [0.05, 0.1) is 0 Å². The molecule has 0 spiro atoms. The van der Waals surface area contributed by atoms with Crippen LogP contribution in [0, 0.1) is 0 Å². The molecule has 1 unspecified atom stereocenters. The Labute approximate surface area is 293 Å². The third-order valence-corrected chi connectivity index (χ3v) is 9.41. The van der Waals surface area contributed by atoms with Crippen molar-refractivity contribution in [1.82, 2.24) is 0 Å². The summed E-state index contributed by atoms with van der Waals surface area (Å²) in [5, 5.41) is 8.83. The molecule has 0 aromatic heterocycles. The Bertz CT molecular complexity index is 713. The van der Waals surface area contributed by atoms with E-state index in [4.69, 9.17) is 9.84 Å². The Morgan fingerprint density at radius 3 is 1.36 bits per heavy atom. The van der Waals surface area contributed by atoms with Crippen molar-refractivity contribution in [2.75, 3.05) is 0 Å². The van der Waals surface area contributed by atoms with Crippen molar-refractivity contribution in [3.8, 4) is 0 Å². The van der Waals surface area contributed by atoms with Gasteiger partial charge in [-0.25, -0.2) is 0 Å². The zero-order valence-electron chi connectivity index (χ0n) is 31.6. The Morgan fingerprint density at radius 2 is 0.894 bits per heavy atom. The summed E-state index contributed by atoms with van der Waals surface area (Å²) in [7, 11) is 0. The van der Waals surface area contributed by atoms with E-state index in [1.54, 1.807) is 0 Å². The maximum atomic E-state index is 12.6. The largest absolute Gasteiger partial charge is 0.481 e. The first-order valence-corrected chi connectivity index (χ1v) is 20.8. The number of carboxylic acids is 1. The van der Waals surface area contributed by atoms with Gasteiger partial charge in [0.25, 0.3) is 0 Å². The van der Waals surface area contributed by atoms with E-state index >= 15 is 0 Å². The molecule has 1 atom stereocenters. The molecule has 0 aliphatic rings. The number of ether oxygens (including phenoxy) is 1. The number of hydrogen-bond acceptors (Lipinski definition) is 3. The van der Waals surface area contributed by atoms with E-state index in [0.29, 0.717) is 6.42 Å². The van der Waals surface area contributed by atoms with Gasteiger partial charge in [-0.05, 0) is 51.0 Å². The topological polar surface area (TPSA) is 63.6 Å². The molecule has 0 heterocycles. The lowest BCUT2D eigenvalue weighted by Gasteiger charge is -2.14. The van der Waals surface area contributed by atoms with Gasteiger partial charge in [0.15, 0.2) is 0 Å². The Kier molecular flexibility index (Phi) is 37.6. The van der Waals surface area contributed by atoms with Crippen molar-refractivity contribution in [3.05, 3.63) is 24.3 Å². The van der Waals surface area contributed by atoms with E-state index in [1.807, 2.05) is 0 Å². The third kappa shape index (κ3) is 38.7. The number of carbonyl (C=O) groups is 2. The molecule has 0 aliphatic heterocycles. The van der Waals surface area contributed by atoms with Crippen LogP contribution in [-0.2, 0) is 14.3 Å². The number of esters is 1. The maximum Gasteiger partial charge on any atom is 0.306 e. The van der Waals surface area contributed by atoms with E-state index in [0.717, 1.165) is 57.8 Å². The summed E-state index contributed by atoms with van der Waals surface area (Å²) in [4.78, 5) is 23.3. The first-order chi connectivity index (χ1) is 23.1. The molecule has 0 aliphatic carbocycles. The fourth-order valence-electron chi connectivity index (χ4n) is 6.31. The van der Waals surface area contributed by atoms with E-state index < -0.39 is 5.97 Å². The van der Waals surface area contributed by atoms with Crippen LogP contribution in [0.5, 0.6) is 0 Å². The van der Waals surface area contributed by atoms with Crippen molar-refractivity contribution in [3.63, 3.8) is 0 Å². The minimum absolute atomic E-state index is 0.0743. The lowest BCUT2D eigenvalue weighted by Crippen LogP contribution is -2.16. The maximum absolute atomic E-state index is 12.6. The SMILES string of the molecule is CCCCCC/C=C\C/C=C\C(CCCCCCC(=O)O)OC(=O)CCCCCCCCCCCCCCCCCCCCCCC. The van der Waals surface area contributed by atoms with Crippen molar-refractivity contribution in [2.45, 2.75) is 238 Å². The molecule has 47 heavy (non-hydrogen) atoms. The van der Waals surface area contributed by atoms with Crippen LogP contribution in [0.2, 0.25) is 0 Å². The lowest BCUT2D eigenvalue weighted by molar-refractivity contribution is -0.147. The van der Waals surface area contributed by atoms with E-state index in [2.05, 4.69) is 38.2 Å². The van der Waals surface area contributed by atoms with Gasteiger partial charge in [-0.15, -0.1) is 0 Å². The van der Waals surface area contributed by atoms with E-state index in [1.165, 1.54) is 148 Å². The predicted octanol–water partition coefficient (Wildman–Crippen LogP) is 14.4. The fourth-order valence-corrected chi connectivity index (χ4v) is 6.31. The number of rotatable bonds is 38. The van der Waals surface area contributed by atoms with E-state index in [9.17, 15) is 9.59 Å². The first kappa shape index (κ1) is 45.4. The molecule has 0 amide bonds. The van der Waals surface area contributed by atoms with Crippen LogP contribution < -0.4 is 0 Å². The van der Waals surface area contributed by atoms with E-state index in [-0.39, 0.29) is 18.5 Å². The number of unbranched alkanes of at least 4 members (excludes halogenated alkanes) is 27. The van der Waals surface area contributed by atoms with Crippen LogP contribution in [0.1, 0.15) is 232 Å². The van der Waals surface area contributed by atoms with Crippen molar-refractivity contribution in [2.24, 2.45) is 0 Å². The van der Waals surface area contributed by atoms with Crippen LogP contribution in [0.15, 0.2) is 24.3 Å². The number of aliphatic carboxylic acids is 1. The second kappa shape index (κ2) is 38.9. The zero-order valence-corrected chi connectivity index (χ0v) is 31.6. The normalized spacial score (nSPS) is 12.4. The summed E-state index contributed by atoms with van der Waals surface area (Å²) >= 11 is 0. The van der Waals surface area contributed by atoms with Gasteiger partial charge in [0.1, 0.15) is 6.10 Å². The van der Waals surface area contributed by atoms with Crippen LogP contribution >= 0.6 is 0 Å². The van der Waals surface area contributed by atoms with Crippen molar-refractivity contribution >= 4 is 11.9 Å². The summed E-state index contributed by atoms with van der Waals surface area (Å²) in [5.74, 6) is -0.798. The van der Waals surface area contributed by atoms with Gasteiger partial charge in [0.2, 0.25) is 0 Å². The molecular weight excluding hydrogens is 580 g/mol. The summed E-state index contributed by atoms with van der Waals surface area (Å²) in [5.41, 5.74) is 0. The van der Waals surface area contributed by atoms with Crippen molar-refractivity contribution in [1.29, 1.82) is 0 Å². The molecule has 0 radical (unpaired) electrons. The summed E-state index contributed by atoms with van der Waals surface area (Å²) in [6.07, 6.45) is 49.4. The number of carbonyl (C=O) groups excluding carboxylic acids is 1. The van der Waals surface area contributed by atoms with Gasteiger partial charge in [-0.2, -0.15) is 0 Å². The van der Waals surface area contributed by atoms with Gasteiger partial charge in [-0.3, -0.25) is 9.59 Å². The third-order valence-electron chi connectivity index (χ3n) is 9.41. The summed E-state index contributed by atoms with van der Waals surface area (Å²) in [6, 6.07) is 0. The van der Waals surface area contributed by atoms with Crippen LogP contribution in [0.3, 0.4) is 0 Å². The summed E-state index contributed by atoms with van der Waals surface area (Å²) < 4.78 is 5.87. The highest BCUT2D eigenvalue weighted by Crippen LogP contribution is 2.17. The number of carboxylic acid groups (broad SMARTS) is 1. The molecular formula is C43H80O4. The fraction of sp³-hybridized carbons (Fsp3) is 0.860. The first-order valence-electron chi connectivity index (χ1n) is 20.8. The average molecular weight is 661 g/mol. The lowest BCUT2D eigenvalue weighted by atomic mass is 10.0. The van der Waals surface area contributed by atoms with Gasteiger partial charge in [0, 0.05) is 12.8 Å².